The largest absolute Gasteiger partial charge is 0.496 e. The molecule has 96 valence electrons. The Balaban J connectivity index is 2.94. The fraction of sp³-hybridized carbons (Fsp3) is 0.375. The van der Waals surface area contributed by atoms with Gasteiger partial charge in [-0.2, -0.15) is 0 Å². The molecule has 0 aliphatic carbocycles. The maximum Gasteiger partial charge on any atom is 0.127 e. The van der Waals surface area contributed by atoms with Crippen LogP contribution in [-0.4, -0.2) is 14.2 Å². The van der Waals surface area contributed by atoms with Gasteiger partial charge >= 0.3 is 0 Å². The zero-order valence-corrected chi connectivity index (χ0v) is 11.7. The molecule has 0 aliphatic heterocycles. The van der Waals surface area contributed by atoms with E-state index in [1.165, 1.54) is 16.5 Å². The van der Waals surface area contributed by atoms with Crippen LogP contribution in [-0.2, 0) is 0 Å². The second kappa shape index (κ2) is 4.89. The van der Waals surface area contributed by atoms with Crippen molar-refractivity contribution < 1.29 is 9.47 Å². The number of methoxy groups -OCH3 is 2. The molecule has 2 nitrogen and oxygen atoms in total. The molecule has 0 unspecified atom stereocenters. The number of hydrogen-bond donors (Lipinski definition) is 0. The molecular weight excluding hydrogens is 224 g/mol. The van der Waals surface area contributed by atoms with E-state index in [2.05, 4.69) is 32.9 Å². The Morgan fingerprint density at radius 1 is 0.833 bits per heavy atom. The SMILES string of the molecule is COc1ccc(OC)c2c(C(C)C)ccc(C)c12. The summed E-state index contributed by atoms with van der Waals surface area (Å²) < 4.78 is 11.0. The molecule has 0 aromatic heterocycles. The van der Waals surface area contributed by atoms with Crippen molar-refractivity contribution in [1.29, 1.82) is 0 Å². The minimum atomic E-state index is 0.453. The molecule has 18 heavy (non-hydrogen) atoms. The van der Waals surface area contributed by atoms with Gasteiger partial charge in [-0.3, -0.25) is 0 Å². The monoisotopic (exact) mass is 244 g/mol. The van der Waals surface area contributed by atoms with Crippen molar-refractivity contribution in [3.8, 4) is 11.5 Å². The molecule has 0 spiro atoms. The summed E-state index contributed by atoms with van der Waals surface area (Å²) >= 11 is 0. The van der Waals surface area contributed by atoms with Crippen LogP contribution in [0.15, 0.2) is 24.3 Å². The summed E-state index contributed by atoms with van der Waals surface area (Å²) in [6.07, 6.45) is 0. The lowest BCUT2D eigenvalue weighted by molar-refractivity contribution is 0.410. The third-order valence-corrected chi connectivity index (χ3v) is 3.39. The summed E-state index contributed by atoms with van der Waals surface area (Å²) in [6, 6.07) is 8.29. The number of rotatable bonds is 3. The maximum atomic E-state index is 5.52. The average molecular weight is 244 g/mol. The number of ether oxygens (including phenoxy) is 2. The highest BCUT2D eigenvalue weighted by atomic mass is 16.5. The predicted octanol–water partition coefficient (Wildman–Crippen LogP) is 4.29. The van der Waals surface area contributed by atoms with Gasteiger partial charge in [-0.1, -0.05) is 26.0 Å². The molecule has 0 saturated carbocycles. The summed E-state index contributed by atoms with van der Waals surface area (Å²) in [5, 5.41) is 2.33. The Morgan fingerprint density at radius 2 is 1.39 bits per heavy atom. The first-order valence-electron chi connectivity index (χ1n) is 6.24. The van der Waals surface area contributed by atoms with E-state index in [1.807, 2.05) is 12.1 Å². The fourth-order valence-electron chi connectivity index (χ4n) is 2.45. The predicted molar refractivity (Wildman–Crippen MR) is 75.9 cm³/mol. The van der Waals surface area contributed by atoms with Crippen LogP contribution < -0.4 is 9.47 Å². The molecule has 2 aromatic carbocycles. The summed E-state index contributed by atoms with van der Waals surface area (Å²) in [7, 11) is 3.43. The van der Waals surface area contributed by atoms with Crippen LogP contribution in [0.25, 0.3) is 10.8 Å². The summed E-state index contributed by atoms with van der Waals surface area (Å²) in [6.45, 7) is 6.50. The Hall–Kier alpha value is -1.70. The van der Waals surface area contributed by atoms with Crippen molar-refractivity contribution >= 4 is 10.8 Å². The van der Waals surface area contributed by atoms with Crippen molar-refractivity contribution in [2.75, 3.05) is 14.2 Å². The lowest BCUT2D eigenvalue weighted by Crippen LogP contribution is -1.97. The van der Waals surface area contributed by atoms with E-state index in [0.29, 0.717) is 5.92 Å². The zero-order valence-electron chi connectivity index (χ0n) is 11.7. The molecule has 2 aromatic rings. The van der Waals surface area contributed by atoms with Gasteiger partial charge in [0, 0.05) is 10.8 Å². The molecule has 0 saturated heterocycles. The first kappa shape index (κ1) is 12.7. The molecule has 0 bridgehead atoms. The van der Waals surface area contributed by atoms with Gasteiger partial charge in [-0.05, 0) is 36.1 Å². The van der Waals surface area contributed by atoms with Gasteiger partial charge in [0.25, 0.3) is 0 Å². The van der Waals surface area contributed by atoms with E-state index in [9.17, 15) is 0 Å². The molecule has 0 amide bonds. The zero-order chi connectivity index (χ0) is 13.3. The molecule has 0 heterocycles. The Kier molecular flexibility index (Phi) is 3.46. The highest BCUT2D eigenvalue weighted by molar-refractivity contribution is 5.98. The number of aryl methyl sites for hydroxylation is 1. The molecule has 2 rings (SSSR count). The van der Waals surface area contributed by atoms with Gasteiger partial charge in [0.05, 0.1) is 14.2 Å². The van der Waals surface area contributed by atoms with E-state index < -0.39 is 0 Å². The van der Waals surface area contributed by atoms with Crippen LogP contribution >= 0.6 is 0 Å². The van der Waals surface area contributed by atoms with E-state index in [-0.39, 0.29) is 0 Å². The third kappa shape index (κ3) is 1.92. The molecule has 2 heteroatoms. The van der Waals surface area contributed by atoms with E-state index in [4.69, 9.17) is 9.47 Å². The van der Waals surface area contributed by atoms with Crippen molar-refractivity contribution in [2.24, 2.45) is 0 Å². The van der Waals surface area contributed by atoms with E-state index >= 15 is 0 Å². The second-order valence-corrected chi connectivity index (χ2v) is 4.85. The minimum Gasteiger partial charge on any atom is -0.496 e. The van der Waals surface area contributed by atoms with Gasteiger partial charge in [0.15, 0.2) is 0 Å². The normalized spacial score (nSPS) is 11.0. The Bertz CT molecular complexity index is 571. The highest BCUT2D eigenvalue weighted by Gasteiger charge is 2.15. The van der Waals surface area contributed by atoms with Gasteiger partial charge < -0.3 is 9.47 Å². The summed E-state index contributed by atoms with van der Waals surface area (Å²) in [4.78, 5) is 0. The first-order valence-corrected chi connectivity index (χ1v) is 6.24. The second-order valence-electron chi connectivity index (χ2n) is 4.85. The van der Waals surface area contributed by atoms with Crippen molar-refractivity contribution in [2.45, 2.75) is 26.7 Å². The smallest absolute Gasteiger partial charge is 0.127 e. The molecule has 0 fully saturated rings. The summed E-state index contributed by atoms with van der Waals surface area (Å²) in [5.41, 5.74) is 2.51. The quantitative estimate of drug-likeness (QED) is 0.802. The van der Waals surface area contributed by atoms with Crippen molar-refractivity contribution in [3.05, 3.63) is 35.4 Å². The molecule has 0 aliphatic rings. The lowest BCUT2D eigenvalue weighted by Gasteiger charge is -2.17. The van der Waals surface area contributed by atoms with Crippen LogP contribution in [0, 0.1) is 6.92 Å². The number of benzene rings is 2. The van der Waals surface area contributed by atoms with Crippen LogP contribution in [0.5, 0.6) is 11.5 Å². The topological polar surface area (TPSA) is 18.5 Å². The standard InChI is InChI=1S/C16H20O2/c1-10(2)12-7-6-11(3)15-13(17-4)8-9-14(18-5)16(12)15/h6-10H,1-5H3. The van der Waals surface area contributed by atoms with Crippen LogP contribution in [0.4, 0.5) is 0 Å². The third-order valence-electron chi connectivity index (χ3n) is 3.39. The van der Waals surface area contributed by atoms with E-state index in [0.717, 1.165) is 16.9 Å². The molecular formula is C16H20O2. The Labute approximate surface area is 109 Å². The highest BCUT2D eigenvalue weighted by Crippen LogP contribution is 2.39. The van der Waals surface area contributed by atoms with Gasteiger partial charge in [0.1, 0.15) is 11.5 Å². The molecule has 0 atom stereocenters. The molecule has 0 N–H and O–H groups in total. The minimum absolute atomic E-state index is 0.453. The van der Waals surface area contributed by atoms with Gasteiger partial charge in [-0.15, -0.1) is 0 Å². The van der Waals surface area contributed by atoms with Crippen LogP contribution in [0.2, 0.25) is 0 Å². The fourth-order valence-corrected chi connectivity index (χ4v) is 2.45. The average Bonchev–Trinajstić information content (AvgIpc) is 2.37. The number of fused-ring (bicyclic) bond motifs is 1. The van der Waals surface area contributed by atoms with Crippen molar-refractivity contribution in [3.63, 3.8) is 0 Å². The molecule has 0 radical (unpaired) electrons. The van der Waals surface area contributed by atoms with E-state index in [1.54, 1.807) is 14.2 Å². The summed E-state index contributed by atoms with van der Waals surface area (Å²) in [5.74, 6) is 2.28. The van der Waals surface area contributed by atoms with Gasteiger partial charge in [0.2, 0.25) is 0 Å². The van der Waals surface area contributed by atoms with Crippen LogP contribution in [0.1, 0.15) is 30.9 Å². The van der Waals surface area contributed by atoms with Gasteiger partial charge in [-0.25, -0.2) is 0 Å². The van der Waals surface area contributed by atoms with Crippen molar-refractivity contribution in [1.82, 2.24) is 0 Å². The Morgan fingerprint density at radius 3 is 1.89 bits per heavy atom. The first-order chi connectivity index (χ1) is 8.60. The van der Waals surface area contributed by atoms with Crippen LogP contribution in [0.3, 0.4) is 0 Å². The lowest BCUT2D eigenvalue weighted by atomic mass is 9.92. The number of hydrogen-bond acceptors (Lipinski definition) is 2. The maximum absolute atomic E-state index is 5.52.